The summed E-state index contributed by atoms with van der Waals surface area (Å²) in [5.74, 6) is 1.80. The standard InChI is InChI=1S/C17H28F3N3OS/c18-17(19,20)4-1-5-22-6-2-13(3-7-22)11-25-23-15-8-14(21-12-24)9-16(23)10-15/h12-16H,1-11H2,(H,21,24)/t14?,15-,16+. The SMILES string of the molecule is O=CNC1C[C@@H]2C[C@H](C1)N2SCC1CCN(CCCC(F)(F)F)CC1. The summed E-state index contributed by atoms with van der Waals surface area (Å²) in [6.07, 6.45) is 1.90. The van der Waals surface area contributed by atoms with Crippen molar-refractivity contribution in [3.05, 3.63) is 0 Å². The van der Waals surface area contributed by atoms with Gasteiger partial charge in [-0.2, -0.15) is 13.2 Å². The van der Waals surface area contributed by atoms with Crippen LogP contribution >= 0.6 is 11.9 Å². The van der Waals surface area contributed by atoms with E-state index in [-0.39, 0.29) is 6.42 Å². The van der Waals surface area contributed by atoms with Crippen molar-refractivity contribution in [3.8, 4) is 0 Å². The lowest BCUT2D eigenvalue weighted by Gasteiger charge is -2.54. The van der Waals surface area contributed by atoms with Gasteiger partial charge in [0.1, 0.15) is 0 Å². The second-order valence-corrected chi connectivity index (χ2v) is 8.67. The number of nitrogens with zero attached hydrogens (tertiary/aromatic N) is 2. The molecule has 4 fully saturated rings. The van der Waals surface area contributed by atoms with Gasteiger partial charge in [0.25, 0.3) is 0 Å². The lowest BCUT2D eigenvalue weighted by molar-refractivity contribution is -0.136. The van der Waals surface area contributed by atoms with E-state index in [4.69, 9.17) is 0 Å². The van der Waals surface area contributed by atoms with E-state index in [1.807, 2.05) is 11.9 Å². The van der Waals surface area contributed by atoms with Crippen LogP contribution in [0.3, 0.4) is 0 Å². The van der Waals surface area contributed by atoms with Crippen molar-refractivity contribution in [2.24, 2.45) is 5.92 Å². The van der Waals surface area contributed by atoms with Gasteiger partial charge in [-0.15, -0.1) is 0 Å². The Kier molecular flexibility index (Phi) is 6.55. The van der Waals surface area contributed by atoms with E-state index in [1.54, 1.807) is 0 Å². The molecule has 2 bridgehead atoms. The number of rotatable bonds is 8. The molecule has 4 rings (SSSR count). The molecule has 0 aromatic rings. The first-order valence-corrected chi connectivity index (χ1v) is 10.3. The number of hydrogen-bond acceptors (Lipinski definition) is 4. The molecule has 25 heavy (non-hydrogen) atoms. The van der Waals surface area contributed by atoms with Crippen molar-refractivity contribution >= 4 is 18.4 Å². The molecule has 3 saturated heterocycles. The molecule has 1 unspecified atom stereocenters. The van der Waals surface area contributed by atoms with Gasteiger partial charge in [0.05, 0.1) is 0 Å². The van der Waals surface area contributed by atoms with E-state index in [2.05, 4.69) is 14.5 Å². The number of amides is 1. The van der Waals surface area contributed by atoms with E-state index < -0.39 is 12.6 Å². The predicted molar refractivity (Wildman–Crippen MR) is 93.2 cm³/mol. The van der Waals surface area contributed by atoms with Crippen LogP contribution in [-0.4, -0.2) is 65.3 Å². The van der Waals surface area contributed by atoms with E-state index in [0.29, 0.717) is 30.6 Å². The van der Waals surface area contributed by atoms with Gasteiger partial charge in [0, 0.05) is 30.3 Å². The first kappa shape index (κ1) is 19.3. The Bertz CT molecular complexity index is 431. The van der Waals surface area contributed by atoms with Crippen LogP contribution in [0.15, 0.2) is 0 Å². The first-order chi connectivity index (χ1) is 11.9. The highest BCUT2D eigenvalue weighted by atomic mass is 32.2. The number of alkyl halides is 3. The van der Waals surface area contributed by atoms with Crippen LogP contribution in [0.5, 0.6) is 0 Å². The smallest absolute Gasteiger partial charge is 0.356 e. The highest BCUT2D eigenvalue weighted by molar-refractivity contribution is 7.97. The zero-order valence-electron chi connectivity index (χ0n) is 14.5. The number of piperidine rings is 2. The number of fused-ring (bicyclic) bond motifs is 2. The van der Waals surface area contributed by atoms with Crippen LogP contribution in [-0.2, 0) is 4.79 Å². The van der Waals surface area contributed by atoms with Crippen molar-refractivity contribution in [1.82, 2.24) is 14.5 Å². The van der Waals surface area contributed by atoms with Crippen molar-refractivity contribution < 1.29 is 18.0 Å². The van der Waals surface area contributed by atoms with Gasteiger partial charge in [0.15, 0.2) is 0 Å². The molecular formula is C17H28F3N3OS. The van der Waals surface area contributed by atoms with Gasteiger partial charge in [-0.1, -0.05) is 11.9 Å². The molecule has 4 aliphatic rings. The molecular weight excluding hydrogens is 351 g/mol. The maximum atomic E-state index is 12.2. The minimum Gasteiger partial charge on any atom is -0.356 e. The molecule has 0 aromatic heterocycles. The van der Waals surface area contributed by atoms with Crippen LogP contribution in [0.25, 0.3) is 0 Å². The van der Waals surface area contributed by atoms with Crippen molar-refractivity contribution in [2.75, 3.05) is 25.4 Å². The summed E-state index contributed by atoms with van der Waals surface area (Å²) < 4.78 is 39.1. The van der Waals surface area contributed by atoms with Crippen LogP contribution in [0.1, 0.15) is 44.9 Å². The van der Waals surface area contributed by atoms with E-state index in [1.165, 1.54) is 6.42 Å². The fourth-order valence-corrected chi connectivity index (χ4v) is 5.83. The van der Waals surface area contributed by atoms with Crippen LogP contribution < -0.4 is 5.32 Å². The van der Waals surface area contributed by atoms with Crippen LogP contribution in [0.4, 0.5) is 13.2 Å². The molecule has 0 aromatic carbocycles. The first-order valence-electron chi connectivity index (χ1n) is 9.34. The Labute approximate surface area is 152 Å². The second-order valence-electron chi connectivity index (χ2n) is 7.66. The Balaban J connectivity index is 1.28. The molecule has 8 heteroatoms. The molecule has 1 saturated carbocycles. The lowest BCUT2D eigenvalue weighted by Crippen LogP contribution is -2.61. The summed E-state index contributed by atoms with van der Waals surface area (Å²) in [5, 5.41) is 2.91. The Morgan fingerprint density at radius 2 is 1.80 bits per heavy atom. The molecule has 1 N–H and O–H groups in total. The van der Waals surface area contributed by atoms with E-state index >= 15 is 0 Å². The third-order valence-corrected chi connectivity index (χ3v) is 7.30. The number of nitrogens with one attached hydrogen (secondary N) is 1. The summed E-state index contributed by atoms with van der Waals surface area (Å²) in [6.45, 7) is 2.43. The Morgan fingerprint density at radius 1 is 1.12 bits per heavy atom. The topological polar surface area (TPSA) is 35.6 Å². The van der Waals surface area contributed by atoms with E-state index in [9.17, 15) is 18.0 Å². The van der Waals surface area contributed by atoms with Gasteiger partial charge in [-0.05, 0) is 64.1 Å². The summed E-state index contributed by atoms with van der Waals surface area (Å²) in [4.78, 5) is 12.7. The lowest BCUT2D eigenvalue weighted by atomic mass is 9.79. The van der Waals surface area contributed by atoms with Gasteiger partial charge < -0.3 is 10.2 Å². The summed E-state index contributed by atoms with van der Waals surface area (Å²) in [6, 6.07) is 1.55. The number of likely N-dealkylation sites (tertiary alicyclic amines) is 1. The molecule has 4 nitrogen and oxygen atoms in total. The summed E-state index contributed by atoms with van der Waals surface area (Å²) >= 11 is 1.95. The summed E-state index contributed by atoms with van der Waals surface area (Å²) in [7, 11) is 0. The maximum Gasteiger partial charge on any atom is 0.389 e. The minimum absolute atomic E-state index is 0.218. The summed E-state index contributed by atoms with van der Waals surface area (Å²) in [5.41, 5.74) is 0. The zero-order valence-corrected chi connectivity index (χ0v) is 15.3. The molecule has 0 spiro atoms. The van der Waals surface area contributed by atoms with Gasteiger partial charge >= 0.3 is 6.18 Å². The fourth-order valence-electron chi connectivity index (χ4n) is 4.35. The fraction of sp³-hybridized carbons (Fsp3) is 0.941. The van der Waals surface area contributed by atoms with Crippen LogP contribution in [0, 0.1) is 5.92 Å². The van der Waals surface area contributed by atoms with Crippen molar-refractivity contribution in [3.63, 3.8) is 0 Å². The highest BCUT2D eigenvalue weighted by Gasteiger charge is 2.45. The average molecular weight is 379 g/mol. The molecule has 3 atom stereocenters. The molecule has 1 amide bonds. The second kappa shape index (κ2) is 8.48. The molecule has 1 aliphatic carbocycles. The molecule has 0 radical (unpaired) electrons. The van der Waals surface area contributed by atoms with E-state index in [0.717, 1.165) is 50.9 Å². The number of hydrogen-bond donors (Lipinski definition) is 1. The maximum absolute atomic E-state index is 12.2. The van der Waals surface area contributed by atoms with Crippen molar-refractivity contribution in [2.45, 2.75) is 69.2 Å². The minimum atomic E-state index is -4.02. The zero-order chi connectivity index (χ0) is 17.9. The largest absolute Gasteiger partial charge is 0.389 e. The monoisotopic (exact) mass is 379 g/mol. The highest BCUT2D eigenvalue weighted by Crippen LogP contribution is 2.43. The Morgan fingerprint density at radius 3 is 2.40 bits per heavy atom. The van der Waals surface area contributed by atoms with Crippen LogP contribution in [0.2, 0.25) is 0 Å². The molecule has 3 heterocycles. The van der Waals surface area contributed by atoms with Gasteiger partial charge in [-0.3, -0.25) is 4.79 Å². The van der Waals surface area contributed by atoms with Gasteiger partial charge in [0.2, 0.25) is 6.41 Å². The average Bonchev–Trinajstić information content (AvgIpc) is 2.55. The third-order valence-electron chi connectivity index (χ3n) is 5.78. The number of carbonyl (C=O) groups excluding carboxylic acids is 1. The quantitative estimate of drug-likeness (QED) is 0.519. The van der Waals surface area contributed by atoms with Crippen molar-refractivity contribution in [1.29, 1.82) is 0 Å². The Hall–Kier alpha value is -0.470. The molecule has 3 aliphatic heterocycles. The van der Waals surface area contributed by atoms with Gasteiger partial charge in [-0.25, -0.2) is 4.31 Å². The third kappa shape index (κ3) is 5.50. The number of carbonyl (C=O) groups is 1. The number of halogens is 3. The molecule has 144 valence electrons. The normalized spacial score (nSPS) is 31.6. The predicted octanol–water partition coefficient (Wildman–Crippen LogP) is 3.04.